The summed E-state index contributed by atoms with van der Waals surface area (Å²) in [4.78, 5) is 12.6. The quantitative estimate of drug-likeness (QED) is 0.906. The van der Waals surface area contributed by atoms with Crippen LogP contribution >= 0.6 is 11.6 Å². The van der Waals surface area contributed by atoms with Gasteiger partial charge < -0.3 is 5.32 Å². The third-order valence-corrected chi connectivity index (χ3v) is 4.51. The molecule has 2 nitrogen and oxygen atoms in total. The predicted octanol–water partition coefficient (Wildman–Crippen LogP) is 3.23. The summed E-state index contributed by atoms with van der Waals surface area (Å²) in [6.45, 7) is 4.01. The predicted molar refractivity (Wildman–Crippen MR) is 75.0 cm³/mol. The molecule has 1 aliphatic rings. The van der Waals surface area contributed by atoms with Crippen molar-refractivity contribution in [2.24, 2.45) is 5.41 Å². The van der Waals surface area contributed by atoms with Gasteiger partial charge in [0.2, 0.25) is 0 Å². The number of halogens is 1. The van der Waals surface area contributed by atoms with E-state index in [1.807, 2.05) is 24.3 Å². The Hall–Kier alpha value is -0.860. The van der Waals surface area contributed by atoms with E-state index in [-0.39, 0.29) is 5.41 Å². The van der Waals surface area contributed by atoms with Gasteiger partial charge in [-0.15, -0.1) is 0 Å². The van der Waals surface area contributed by atoms with Crippen molar-refractivity contribution in [3.8, 4) is 0 Å². The second-order valence-electron chi connectivity index (χ2n) is 5.08. The third kappa shape index (κ3) is 2.76. The van der Waals surface area contributed by atoms with E-state index in [0.29, 0.717) is 17.2 Å². The minimum atomic E-state index is -0.135. The summed E-state index contributed by atoms with van der Waals surface area (Å²) in [5.74, 6) is 0.347. The third-order valence-electron chi connectivity index (χ3n) is 4.14. The van der Waals surface area contributed by atoms with Crippen LogP contribution in [0, 0.1) is 5.41 Å². The molecule has 0 aliphatic carbocycles. The Morgan fingerprint density at radius 2 is 2.00 bits per heavy atom. The number of hydrogen-bond donors (Lipinski definition) is 1. The normalized spacial score (nSPS) is 18.6. The van der Waals surface area contributed by atoms with Gasteiger partial charge in [-0.3, -0.25) is 4.79 Å². The van der Waals surface area contributed by atoms with Crippen molar-refractivity contribution in [1.29, 1.82) is 0 Å². The lowest BCUT2D eigenvalue weighted by molar-refractivity contribution is -0.129. The molecule has 0 bridgehead atoms. The van der Waals surface area contributed by atoms with Crippen LogP contribution < -0.4 is 5.32 Å². The van der Waals surface area contributed by atoms with Gasteiger partial charge in [-0.25, -0.2) is 0 Å². The van der Waals surface area contributed by atoms with Crippen LogP contribution in [0.15, 0.2) is 24.3 Å². The van der Waals surface area contributed by atoms with Gasteiger partial charge in [0, 0.05) is 16.9 Å². The maximum absolute atomic E-state index is 12.6. The molecule has 0 unspecified atom stereocenters. The molecule has 0 amide bonds. The molecule has 1 fully saturated rings. The summed E-state index contributed by atoms with van der Waals surface area (Å²) in [5, 5.41) is 4.03. The number of Topliss-reactive ketones (excluding diaryl/α,β-unsaturated/α-hetero) is 1. The number of carbonyl (C=O) groups is 1. The van der Waals surface area contributed by atoms with Crippen molar-refractivity contribution in [2.75, 3.05) is 13.1 Å². The zero-order valence-electron chi connectivity index (χ0n) is 10.8. The molecule has 18 heavy (non-hydrogen) atoms. The SMILES string of the molecule is CCC1(C(=O)Cc2ccccc2Cl)CCNCC1. The summed E-state index contributed by atoms with van der Waals surface area (Å²) in [6.07, 6.45) is 3.30. The van der Waals surface area contributed by atoms with Gasteiger partial charge >= 0.3 is 0 Å². The number of carbonyl (C=O) groups excluding carboxylic acids is 1. The summed E-state index contributed by atoms with van der Waals surface area (Å²) in [6, 6.07) is 7.64. The molecule has 0 spiro atoms. The maximum Gasteiger partial charge on any atom is 0.143 e. The average molecular weight is 266 g/mol. The van der Waals surface area contributed by atoms with Gasteiger partial charge in [-0.1, -0.05) is 36.7 Å². The Morgan fingerprint density at radius 3 is 2.61 bits per heavy atom. The first kappa shape index (κ1) is 13.6. The molecule has 1 aromatic rings. The van der Waals surface area contributed by atoms with E-state index in [9.17, 15) is 4.79 Å². The zero-order chi connectivity index (χ0) is 13.0. The smallest absolute Gasteiger partial charge is 0.143 e. The van der Waals surface area contributed by atoms with Crippen LogP contribution in [0.4, 0.5) is 0 Å². The van der Waals surface area contributed by atoms with E-state index in [4.69, 9.17) is 11.6 Å². The highest BCUT2D eigenvalue weighted by molar-refractivity contribution is 6.31. The van der Waals surface area contributed by atoms with Crippen LogP contribution in [0.3, 0.4) is 0 Å². The highest BCUT2D eigenvalue weighted by Crippen LogP contribution is 2.35. The Bertz CT molecular complexity index is 424. The van der Waals surface area contributed by atoms with Crippen LogP contribution in [0.1, 0.15) is 31.7 Å². The number of hydrogen-bond acceptors (Lipinski definition) is 2. The van der Waals surface area contributed by atoms with Crippen molar-refractivity contribution in [3.05, 3.63) is 34.9 Å². The maximum atomic E-state index is 12.6. The van der Waals surface area contributed by atoms with Gasteiger partial charge in [0.25, 0.3) is 0 Å². The first-order chi connectivity index (χ1) is 8.68. The summed E-state index contributed by atoms with van der Waals surface area (Å²) < 4.78 is 0. The fourth-order valence-corrected chi connectivity index (χ4v) is 2.94. The van der Waals surface area contributed by atoms with Gasteiger partial charge in [0.05, 0.1) is 0 Å². The van der Waals surface area contributed by atoms with Crippen molar-refractivity contribution in [1.82, 2.24) is 5.32 Å². The van der Waals surface area contributed by atoms with E-state index < -0.39 is 0 Å². The first-order valence-electron chi connectivity index (χ1n) is 6.65. The number of nitrogens with one attached hydrogen (secondary N) is 1. The van der Waals surface area contributed by atoms with Crippen LogP contribution in [0.2, 0.25) is 5.02 Å². The fraction of sp³-hybridized carbons (Fsp3) is 0.533. The van der Waals surface area contributed by atoms with E-state index >= 15 is 0 Å². The second kappa shape index (κ2) is 5.85. The average Bonchev–Trinajstić information content (AvgIpc) is 2.42. The molecule has 1 N–H and O–H groups in total. The number of rotatable bonds is 4. The molecule has 1 saturated heterocycles. The molecule has 3 heteroatoms. The molecular weight excluding hydrogens is 246 g/mol. The Labute approximate surface area is 114 Å². The van der Waals surface area contributed by atoms with E-state index in [1.165, 1.54) is 0 Å². The van der Waals surface area contributed by atoms with E-state index in [0.717, 1.165) is 37.9 Å². The van der Waals surface area contributed by atoms with Gasteiger partial charge in [-0.2, -0.15) is 0 Å². The molecule has 0 radical (unpaired) electrons. The molecule has 0 saturated carbocycles. The van der Waals surface area contributed by atoms with Gasteiger partial charge in [-0.05, 0) is 44.0 Å². The molecular formula is C15H20ClNO. The van der Waals surface area contributed by atoms with Crippen molar-refractivity contribution in [3.63, 3.8) is 0 Å². The van der Waals surface area contributed by atoms with E-state index in [2.05, 4.69) is 12.2 Å². The Balaban J connectivity index is 2.13. The Kier molecular flexibility index (Phi) is 4.41. The van der Waals surface area contributed by atoms with Crippen LogP contribution in [0.5, 0.6) is 0 Å². The Morgan fingerprint density at radius 1 is 1.33 bits per heavy atom. The van der Waals surface area contributed by atoms with Crippen LogP contribution in [0.25, 0.3) is 0 Å². The fourth-order valence-electron chi connectivity index (χ4n) is 2.74. The summed E-state index contributed by atoms with van der Waals surface area (Å²) in [5.41, 5.74) is 0.820. The molecule has 1 heterocycles. The van der Waals surface area contributed by atoms with Gasteiger partial charge in [0.15, 0.2) is 0 Å². The van der Waals surface area contributed by atoms with Crippen molar-refractivity contribution >= 4 is 17.4 Å². The van der Waals surface area contributed by atoms with Crippen molar-refractivity contribution in [2.45, 2.75) is 32.6 Å². The molecule has 1 aromatic carbocycles. The van der Waals surface area contributed by atoms with Crippen LogP contribution in [-0.2, 0) is 11.2 Å². The lowest BCUT2D eigenvalue weighted by atomic mass is 9.72. The van der Waals surface area contributed by atoms with Crippen LogP contribution in [-0.4, -0.2) is 18.9 Å². The van der Waals surface area contributed by atoms with E-state index in [1.54, 1.807) is 0 Å². The van der Waals surface area contributed by atoms with Crippen molar-refractivity contribution < 1.29 is 4.79 Å². The minimum absolute atomic E-state index is 0.135. The second-order valence-corrected chi connectivity index (χ2v) is 5.48. The largest absolute Gasteiger partial charge is 0.317 e. The number of benzene rings is 1. The molecule has 2 rings (SSSR count). The molecule has 98 valence electrons. The summed E-state index contributed by atoms with van der Waals surface area (Å²) in [7, 11) is 0. The zero-order valence-corrected chi connectivity index (χ0v) is 11.6. The lowest BCUT2D eigenvalue weighted by Gasteiger charge is -2.35. The highest BCUT2D eigenvalue weighted by atomic mass is 35.5. The highest BCUT2D eigenvalue weighted by Gasteiger charge is 2.37. The molecule has 0 aromatic heterocycles. The minimum Gasteiger partial charge on any atom is -0.317 e. The topological polar surface area (TPSA) is 29.1 Å². The number of piperidine rings is 1. The molecule has 0 atom stereocenters. The summed E-state index contributed by atoms with van der Waals surface area (Å²) >= 11 is 6.13. The first-order valence-corrected chi connectivity index (χ1v) is 7.03. The molecule has 1 aliphatic heterocycles. The van der Waals surface area contributed by atoms with Gasteiger partial charge in [0.1, 0.15) is 5.78 Å². The standard InChI is InChI=1S/C15H20ClNO/c1-2-15(7-9-17-10-8-15)14(18)11-12-5-3-4-6-13(12)16/h3-6,17H,2,7-11H2,1H3. The lowest BCUT2D eigenvalue weighted by Crippen LogP contribution is -2.42. The monoisotopic (exact) mass is 265 g/mol. The number of ketones is 1.